The minimum Gasteiger partial charge on any atom is -0.374 e. The number of nitrogens with one attached hydrogen (secondary N) is 1. The van der Waals surface area contributed by atoms with Crippen LogP contribution in [0.2, 0.25) is 0 Å². The van der Waals surface area contributed by atoms with Crippen LogP contribution >= 0.6 is 0 Å². The number of ether oxygens (including phenoxy) is 1. The Balaban J connectivity index is 2.37. The third-order valence-electron chi connectivity index (χ3n) is 4.20. The standard InChI is InChI=1S/C17H28N2O/c1-12(2)19-8-9-20-16(11-18-5)17(19)15-7-6-13(3)10-14(15)4/h6-7,10,12,16-18H,8-9,11H2,1-5H3. The monoisotopic (exact) mass is 276 g/mol. The van der Waals surface area contributed by atoms with Crippen LogP contribution in [0, 0.1) is 13.8 Å². The van der Waals surface area contributed by atoms with Crippen molar-refractivity contribution in [3.63, 3.8) is 0 Å². The lowest BCUT2D eigenvalue weighted by Gasteiger charge is -2.44. The highest BCUT2D eigenvalue weighted by Crippen LogP contribution is 2.33. The number of morpholine rings is 1. The average molecular weight is 276 g/mol. The predicted molar refractivity (Wildman–Crippen MR) is 84.2 cm³/mol. The summed E-state index contributed by atoms with van der Waals surface area (Å²) in [6.45, 7) is 11.6. The van der Waals surface area contributed by atoms with E-state index in [4.69, 9.17) is 4.74 Å². The van der Waals surface area contributed by atoms with E-state index in [1.54, 1.807) is 0 Å². The summed E-state index contributed by atoms with van der Waals surface area (Å²) in [7, 11) is 2.00. The molecule has 112 valence electrons. The molecule has 0 amide bonds. The van der Waals surface area contributed by atoms with E-state index in [0.29, 0.717) is 12.1 Å². The molecule has 2 rings (SSSR count). The molecule has 1 aromatic carbocycles. The highest BCUT2D eigenvalue weighted by Gasteiger charge is 2.35. The molecule has 2 unspecified atom stereocenters. The summed E-state index contributed by atoms with van der Waals surface area (Å²) in [5.74, 6) is 0. The van der Waals surface area contributed by atoms with Crippen molar-refractivity contribution in [1.29, 1.82) is 0 Å². The summed E-state index contributed by atoms with van der Waals surface area (Å²) < 4.78 is 6.05. The number of nitrogens with zero attached hydrogens (tertiary/aromatic N) is 1. The smallest absolute Gasteiger partial charge is 0.0896 e. The molecular weight excluding hydrogens is 248 g/mol. The fourth-order valence-corrected chi connectivity index (χ4v) is 3.24. The van der Waals surface area contributed by atoms with Crippen LogP contribution in [-0.4, -0.2) is 43.8 Å². The molecule has 1 heterocycles. The molecule has 0 spiro atoms. The van der Waals surface area contributed by atoms with Crippen molar-refractivity contribution in [3.05, 3.63) is 34.9 Å². The second kappa shape index (κ2) is 6.70. The van der Waals surface area contributed by atoms with Crippen molar-refractivity contribution in [2.45, 2.75) is 45.9 Å². The quantitative estimate of drug-likeness (QED) is 0.915. The molecule has 1 aromatic rings. The second-order valence-electron chi connectivity index (χ2n) is 6.10. The lowest BCUT2D eigenvalue weighted by atomic mass is 9.92. The summed E-state index contributed by atoms with van der Waals surface area (Å²) in [5, 5.41) is 3.28. The fraction of sp³-hybridized carbons (Fsp3) is 0.647. The highest BCUT2D eigenvalue weighted by atomic mass is 16.5. The van der Waals surface area contributed by atoms with Gasteiger partial charge in [-0.25, -0.2) is 0 Å². The van der Waals surface area contributed by atoms with E-state index in [-0.39, 0.29) is 6.10 Å². The van der Waals surface area contributed by atoms with Gasteiger partial charge in [0.05, 0.1) is 18.8 Å². The largest absolute Gasteiger partial charge is 0.374 e. The zero-order valence-electron chi connectivity index (χ0n) is 13.4. The van der Waals surface area contributed by atoms with Gasteiger partial charge in [-0.15, -0.1) is 0 Å². The highest BCUT2D eigenvalue weighted by molar-refractivity contribution is 5.34. The van der Waals surface area contributed by atoms with Gasteiger partial charge in [0.2, 0.25) is 0 Å². The predicted octanol–water partition coefficient (Wildman–Crippen LogP) is 2.67. The van der Waals surface area contributed by atoms with Gasteiger partial charge in [0.1, 0.15) is 0 Å². The molecule has 1 N–H and O–H groups in total. The van der Waals surface area contributed by atoms with E-state index in [1.807, 2.05) is 7.05 Å². The molecule has 1 aliphatic heterocycles. The maximum Gasteiger partial charge on any atom is 0.0896 e. The minimum absolute atomic E-state index is 0.220. The Morgan fingerprint density at radius 1 is 1.35 bits per heavy atom. The van der Waals surface area contributed by atoms with E-state index < -0.39 is 0 Å². The first-order valence-corrected chi connectivity index (χ1v) is 7.63. The molecule has 1 saturated heterocycles. The lowest BCUT2D eigenvalue weighted by molar-refractivity contribution is -0.0817. The molecule has 0 bridgehead atoms. The van der Waals surface area contributed by atoms with Crippen LogP contribution in [0.5, 0.6) is 0 Å². The second-order valence-corrected chi connectivity index (χ2v) is 6.10. The molecule has 1 aliphatic rings. The molecule has 0 aliphatic carbocycles. The van der Waals surface area contributed by atoms with E-state index in [1.165, 1.54) is 16.7 Å². The Kier molecular flexibility index (Phi) is 5.19. The van der Waals surface area contributed by atoms with Crippen molar-refractivity contribution in [1.82, 2.24) is 10.2 Å². The van der Waals surface area contributed by atoms with Crippen LogP contribution in [0.3, 0.4) is 0 Å². The fourth-order valence-electron chi connectivity index (χ4n) is 3.24. The maximum absolute atomic E-state index is 6.05. The summed E-state index contributed by atoms with van der Waals surface area (Å²) in [5.41, 5.74) is 4.10. The molecule has 0 radical (unpaired) electrons. The van der Waals surface area contributed by atoms with Gasteiger partial charge in [0.15, 0.2) is 0 Å². The number of likely N-dealkylation sites (N-methyl/N-ethyl adjacent to an activating group) is 1. The molecule has 1 fully saturated rings. The van der Waals surface area contributed by atoms with Crippen molar-refractivity contribution >= 4 is 0 Å². The van der Waals surface area contributed by atoms with Crippen molar-refractivity contribution in [3.8, 4) is 0 Å². The van der Waals surface area contributed by atoms with E-state index in [9.17, 15) is 0 Å². The van der Waals surface area contributed by atoms with Gasteiger partial charge >= 0.3 is 0 Å². The van der Waals surface area contributed by atoms with Crippen LogP contribution in [0.4, 0.5) is 0 Å². The van der Waals surface area contributed by atoms with E-state index in [0.717, 1.165) is 19.7 Å². The molecular formula is C17H28N2O. The Hall–Kier alpha value is -0.900. The van der Waals surface area contributed by atoms with Crippen LogP contribution in [-0.2, 0) is 4.74 Å². The van der Waals surface area contributed by atoms with Gasteiger partial charge in [0.25, 0.3) is 0 Å². The van der Waals surface area contributed by atoms with Crippen molar-refractivity contribution < 1.29 is 4.74 Å². The first-order valence-electron chi connectivity index (χ1n) is 7.63. The molecule has 0 saturated carbocycles. The molecule has 0 aromatic heterocycles. The molecule has 3 nitrogen and oxygen atoms in total. The third kappa shape index (κ3) is 3.22. The Morgan fingerprint density at radius 2 is 2.10 bits per heavy atom. The first-order chi connectivity index (χ1) is 9.54. The first kappa shape index (κ1) is 15.5. The third-order valence-corrected chi connectivity index (χ3v) is 4.20. The SMILES string of the molecule is CNCC1OCCN(C(C)C)C1c1ccc(C)cc1C. The normalized spacial score (nSPS) is 24.3. The van der Waals surface area contributed by atoms with Gasteiger partial charge in [-0.1, -0.05) is 23.8 Å². The van der Waals surface area contributed by atoms with E-state index in [2.05, 4.69) is 56.1 Å². The lowest BCUT2D eigenvalue weighted by Crippen LogP contribution is -2.51. The number of hydrogen-bond donors (Lipinski definition) is 1. The average Bonchev–Trinajstić information content (AvgIpc) is 2.39. The van der Waals surface area contributed by atoms with Gasteiger partial charge in [0, 0.05) is 19.1 Å². The van der Waals surface area contributed by atoms with Crippen LogP contribution in [0.1, 0.15) is 36.6 Å². The van der Waals surface area contributed by atoms with E-state index >= 15 is 0 Å². The Morgan fingerprint density at radius 3 is 2.70 bits per heavy atom. The zero-order valence-corrected chi connectivity index (χ0v) is 13.4. The Labute approximate surface area is 123 Å². The molecule has 3 heteroatoms. The van der Waals surface area contributed by atoms with Gasteiger partial charge in [-0.2, -0.15) is 0 Å². The van der Waals surface area contributed by atoms with Gasteiger partial charge in [-0.3, -0.25) is 4.90 Å². The number of hydrogen-bond acceptors (Lipinski definition) is 3. The van der Waals surface area contributed by atoms with Gasteiger partial charge < -0.3 is 10.1 Å². The van der Waals surface area contributed by atoms with Crippen LogP contribution < -0.4 is 5.32 Å². The zero-order chi connectivity index (χ0) is 14.7. The van der Waals surface area contributed by atoms with Crippen molar-refractivity contribution in [2.75, 3.05) is 26.7 Å². The van der Waals surface area contributed by atoms with Crippen LogP contribution in [0.15, 0.2) is 18.2 Å². The van der Waals surface area contributed by atoms with Crippen molar-refractivity contribution in [2.24, 2.45) is 0 Å². The number of rotatable bonds is 4. The summed E-state index contributed by atoms with van der Waals surface area (Å²) in [4.78, 5) is 2.57. The minimum atomic E-state index is 0.220. The number of aryl methyl sites for hydroxylation is 2. The van der Waals surface area contributed by atoms with Gasteiger partial charge in [-0.05, 0) is 45.9 Å². The summed E-state index contributed by atoms with van der Waals surface area (Å²) in [6.07, 6.45) is 0.220. The summed E-state index contributed by atoms with van der Waals surface area (Å²) >= 11 is 0. The van der Waals surface area contributed by atoms with Crippen LogP contribution in [0.25, 0.3) is 0 Å². The summed E-state index contributed by atoms with van der Waals surface area (Å²) in [6, 6.07) is 7.65. The Bertz CT molecular complexity index is 443. The molecule has 2 atom stereocenters. The maximum atomic E-state index is 6.05. The molecule has 20 heavy (non-hydrogen) atoms. The topological polar surface area (TPSA) is 24.5 Å². The number of benzene rings is 1.